The van der Waals surface area contributed by atoms with E-state index >= 15 is 0 Å². The van der Waals surface area contributed by atoms with E-state index in [0.29, 0.717) is 5.75 Å². The lowest BCUT2D eigenvalue weighted by molar-refractivity contribution is -0.112. The predicted molar refractivity (Wildman–Crippen MR) is 131 cm³/mol. The second-order valence-electron chi connectivity index (χ2n) is 8.28. The number of fused-ring (bicyclic) bond motifs is 1. The molecule has 4 rings (SSSR count). The summed E-state index contributed by atoms with van der Waals surface area (Å²) in [6.07, 6.45) is 1.78. The van der Waals surface area contributed by atoms with Crippen LogP contribution in [0.25, 0.3) is 0 Å². The van der Waals surface area contributed by atoms with E-state index in [1.807, 2.05) is 25.2 Å². The number of benzene rings is 2. The van der Waals surface area contributed by atoms with Crippen LogP contribution in [0.1, 0.15) is 30.5 Å². The zero-order valence-electron chi connectivity index (χ0n) is 18.4. The molecule has 7 heteroatoms. The van der Waals surface area contributed by atoms with Gasteiger partial charge in [0.05, 0.1) is 5.75 Å². The zero-order chi connectivity index (χ0) is 22.2. The molecule has 0 aliphatic carbocycles. The van der Waals surface area contributed by atoms with Gasteiger partial charge >= 0.3 is 0 Å². The Morgan fingerprint density at radius 1 is 1.16 bits per heavy atom. The van der Waals surface area contributed by atoms with Crippen LogP contribution in [-0.2, 0) is 10.2 Å². The fourth-order valence-corrected chi connectivity index (χ4v) is 5.44. The van der Waals surface area contributed by atoms with Crippen molar-refractivity contribution in [1.29, 1.82) is 0 Å². The number of rotatable bonds is 6. The summed E-state index contributed by atoms with van der Waals surface area (Å²) in [7, 11) is 2.02. The van der Waals surface area contributed by atoms with Crippen LogP contribution in [0.3, 0.4) is 0 Å². The Hall–Kier alpha value is -2.64. The lowest BCUT2D eigenvalue weighted by Gasteiger charge is -2.23. The van der Waals surface area contributed by atoms with Crippen molar-refractivity contribution in [2.45, 2.75) is 37.4 Å². The quantitative estimate of drug-likeness (QED) is 0.374. The number of thioether (sulfide) groups is 1. The van der Waals surface area contributed by atoms with Crippen LogP contribution >= 0.6 is 23.1 Å². The normalized spacial score (nSPS) is 15.9. The van der Waals surface area contributed by atoms with Crippen molar-refractivity contribution in [2.75, 3.05) is 23.0 Å². The van der Waals surface area contributed by atoms with E-state index in [2.05, 4.69) is 72.4 Å². The van der Waals surface area contributed by atoms with Crippen LogP contribution in [0.15, 0.2) is 58.6 Å². The van der Waals surface area contributed by atoms with Crippen molar-refractivity contribution in [3.8, 4) is 0 Å². The number of para-hydroxylation sites is 1. The highest BCUT2D eigenvalue weighted by Gasteiger charge is 2.38. The van der Waals surface area contributed by atoms with Crippen LogP contribution in [-0.4, -0.2) is 28.8 Å². The molecule has 1 aliphatic rings. The third-order valence-electron chi connectivity index (χ3n) is 5.74. The van der Waals surface area contributed by atoms with Gasteiger partial charge in [0.1, 0.15) is 0 Å². The van der Waals surface area contributed by atoms with Gasteiger partial charge in [-0.05, 0) is 48.7 Å². The standard InChI is InChI=1S/C24H26N4OS2/c1-15-10-11-17(12-16(15)2)25-22-26-27-23(31-22)30-14-18(29)13-21-24(3,4)19-8-6-7-9-20(19)28(21)5/h6-13H,14H2,1-5H3,(H,25,26)/b21-13+. The molecule has 0 amide bonds. The van der Waals surface area contributed by atoms with Gasteiger partial charge in [0.15, 0.2) is 10.1 Å². The number of aryl methyl sites for hydroxylation is 2. The molecule has 3 aromatic rings. The van der Waals surface area contributed by atoms with Crippen LogP contribution in [0.4, 0.5) is 16.5 Å². The zero-order valence-corrected chi connectivity index (χ0v) is 20.0. The highest BCUT2D eigenvalue weighted by molar-refractivity contribution is 8.01. The fourth-order valence-electron chi connectivity index (χ4n) is 3.85. The number of carbonyl (C=O) groups is 1. The SMILES string of the molecule is Cc1ccc(Nc2nnc(SCC(=O)/C=C3/N(C)c4ccccc4C3(C)C)s2)cc1C. The van der Waals surface area contributed by atoms with Crippen LogP contribution in [0.5, 0.6) is 0 Å². The molecule has 1 N–H and O–H groups in total. The van der Waals surface area contributed by atoms with Crippen LogP contribution in [0, 0.1) is 13.8 Å². The number of nitrogens with zero attached hydrogens (tertiary/aromatic N) is 3. The first kappa shape index (κ1) is 21.6. The summed E-state index contributed by atoms with van der Waals surface area (Å²) in [5.41, 5.74) is 6.70. The molecule has 160 valence electrons. The second-order valence-corrected chi connectivity index (χ2v) is 10.5. The van der Waals surface area contributed by atoms with Crippen LogP contribution in [0.2, 0.25) is 0 Å². The summed E-state index contributed by atoms with van der Waals surface area (Å²) in [6.45, 7) is 8.51. The van der Waals surface area contributed by atoms with Crippen molar-refractivity contribution in [2.24, 2.45) is 0 Å². The van der Waals surface area contributed by atoms with E-state index in [1.165, 1.54) is 39.8 Å². The van der Waals surface area contributed by atoms with Gasteiger partial charge in [-0.2, -0.15) is 0 Å². The first-order valence-corrected chi connectivity index (χ1v) is 11.9. The summed E-state index contributed by atoms with van der Waals surface area (Å²) in [5, 5.41) is 12.4. The van der Waals surface area contributed by atoms with Gasteiger partial charge in [0, 0.05) is 35.6 Å². The summed E-state index contributed by atoms with van der Waals surface area (Å²) in [4.78, 5) is 14.9. The van der Waals surface area contributed by atoms with Gasteiger partial charge in [-0.15, -0.1) is 10.2 Å². The van der Waals surface area contributed by atoms with Crippen molar-refractivity contribution in [3.05, 3.63) is 70.9 Å². The van der Waals surface area contributed by atoms with Gasteiger partial charge in [-0.3, -0.25) is 4.79 Å². The predicted octanol–water partition coefficient (Wildman–Crippen LogP) is 5.87. The molecule has 0 bridgehead atoms. The summed E-state index contributed by atoms with van der Waals surface area (Å²) in [5.74, 6) is 0.411. The number of ketones is 1. The molecule has 0 unspecified atom stereocenters. The molecular weight excluding hydrogens is 424 g/mol. The average Bonchev–Trinajstić information content (AvgIpc) is 3.26. The molecule has 0 spiro atoms. The third-order valence-corrected chi connectivity index (χ3v) is 7.74. The molecule has 2 heterocycles. The molecule has 0 saturated heterocycles. The highest BCUT2D eigenvalue weighted by Crippen LogP contribution is 2.46. The number of hydrogen-bond donors (Lipinski definition) is 1. The Kier molecular flexibility index (Phi) is 5.90. The van der Waals surface area contributed by atoms with E-state index in [9.17, 15) is 4.79 Å². The van der Waals surface area contributed by atoms with E-state index in [0.717, 1.165) is 26.5 Å². The Balaban J connectivity index is 1.40. The molecule has 0 atom stereocenters. The van der Waals surface area contributed by atoms with E-state index in [1.54, 1.807) is 6.08 Å². The maximum absolute atomic E-state index is 12.7. The Morgan fingerprint density at radius 2 is 1.94 bits per heavy atom. The van der Waals surface area contributed by atoms with Crippen molar-refractivity contribution >= 4 is 45.4 Å². The third kappa shape index (κ3) is 4.38. The molecular formula is C24H26N4OS2. The minimum Gasteiger partial charge on any atom is -0.347 e. The molecule has 2 aromatic carbocycles. The number of anilines is 3. The number of nitrogens with one attached hydrogen (secondary N) is 1. The second kappa shape index (κ2) is 8.48. The van der Waals surface area contributed by atoms with Crippen molar-refractivity contribution < 1.29 is 4.79 Å². The monoisotopic (exact) mass is 450 g/mol. The Morgan fingerprint density at radius 3 is 2.68 bits per heavy atom. The molecule has 1 aromatic heterocycles. The first-order chi connectivity index (χ1) is 14.8. The minimum absolute atomic E-state index is 0.0756. The number of likely N-dealkylation sites (N-methyl/N-ethyl adjacent to an activating group) is 1. The van der Waals surface area contributed by atoms with E-state index in [-0.39, 0.29) is 11.2 Å². The van der Waals surface area contributed by atoms with Crippen molar-refractivity contribution in [3.63, 3.8) is 0 Å². The van der Waals surface area contributed by atoms with E-state index in [4.69, 9.17) is 0 Å². The van der Waals surface area contributed by atoms with Gasteiger partial charge in [-0.25, -0.2) is 0 Å². The van der Waals surface area contributed by atoms with Gasteiger partial charge < -0.3 is 10.2 Å². The number of allylic oxidation sites excluding steroid dienone is 2. The van der Waals surface area contributed by atoms with Gasteiger partial charge in [0.25, 0.3) is 0 Å². The molecule has 31 heavy (non-hydrogen) atoms. The van der Waals surface area contributed by atoms with Crippen molar-refractivity contribution in [1.82, 2.24) is 10.2 Å². The summed E-state index contributed by atoms with van der Waals surface area (Å²) in [6, 6.07) is 14.5. The summed E-state index contributed by atoms with van der Waals surface area (Å²) >= 11 is 2.89. The molecule has 0 radical (unpaired) electrons. The number of aromatic nitrogens is 2. The van der Waals surface area contributed by atoms with E-state index < -0.39 is 0 Å². The Bertz CT molecular complexity index is 1170. The average molecular weight is 451 g/mol. The first-order valence-electron chi connectivity index (χ1n) is 10.1. The lowest BCUT2D eigenvalue weighted by atomic mass is 9.83. The smallest absolute Gasteiger partial charge is 0.210 e. The molecule has 1 aliphatic heterocycles. The number of hydrogen-bond acceptors (Lipinski definition) is 7. The molecule has 0 saturated carbocycles. The maximum Gasteiger partial charge on any atom is 0.210 e. The number of carbonyl (C=O) groups excluding carboxylic acids is 1. The maximum atomic E-state index is 12.7. The molecule has 0 fully saturated rings. The van der Waals surface area contributed by atoms with Gasteiger partial charge in [-0.1, -0.05) is 61.2 Å². The summed E-state index contributed by atoms with van der Waals surface area (Å²) < 4.78 is 0.778. The highest BCUT2D eigenvalue weighted by atomic mass is 32.2. The lowest BCUT2D eigenvalue weighted by Crippen LogP contribution is -2.24. The fraction of sp³-hybridized carbons (Fsp3) is 0.292. The minimum atomic E-state index is -0.197. The topological polar surface area (TPSA) is 58.1 Å². The molecule has 5 nitrogen and oxygen atoms in total. The van der Waals surface area contributed by atoms with Gasteiger partial charge in [0.2, 0.25) is 5.13 Å². The Labute approximate surface area is 191 Å². The largest absolute Gasteiger partial charge is 0.347 e. The van der Waals surface area contributed by atoms with Crippen LogP contribution < -0.4 is 10.2 Å².